The fourth-order valence-electron chi connectivity index (χ4n) is 2.31. The van der Waals surface area contributed by atoms with Crippen LogP contribution in [-0.2, 0) is 15.8 Å². The van der Waals surface area contributed by atoms with Gasteiger partial charge in [-0.1, -0.05) is 43.2 Å². The largest absolute Gasteiger partial charge is 0.391 e. The highest BCUT2D eigenvalue weighted by atomic mass is 32.2. The zero-order valence-corrected chi connectivity index (χ0v) is 11.1. The van der Waals surface area contributed by atoms with Crippen molar-refractivity contribution in [1.82, 2.24) is 4.72 Å². The first kappa shape index (κ1) is 13.5. The predicted molar refractivity (Wildman–Crippen MR) is 70.5 cm³/mol. The Morgan fingerprint density at radius 2 is 1.83 bits per heavy atom. The molecule has 0 spiro atoms. The second-order valence-corrected chi connectivity index (χ2v) is 6.57. The lowest BCUT2D eigenvalue weighted by Crippen LogP contribution is -2.45. The van der Waals surface area contributed by atoms with E-state index < -0.39 is 16.1 Å². The van der Waals surface area contributed by atoms with Crippen LogP contribution < -0.4 is 4.72 Å². The molecule has 1 saturated carbocycles. The number of nitrogens with one attached hydrogen (secondary N) is 1. The van der Waals surface area contributed by atoms with Crippen LogP contribution in [0, 0.1) is 0 Å². The number of aliphatic hydroxyl groups is 1. The van der Waals surface area contributed by atoms with Crippen molar-refractivity contribution in [3.63, 3.8) is 0 Å². The van der Waals surface area contributed by atoms with E-state index in [4.69, 9.17) is 0 Å². The molecule has 1 fully saturated rings. The Balaban J connectivity index is 1.99. The van der Waals surface area contributed by atoms with Crippen LogP contribution in [-0.4, -0.2) is 25.7 Å². The Labute approximate surface area is 108 Å². The average Bonchev–Trinajstić information content (AvgIpc) is 2.32. The van der Waals surface area contributed by atoms with Gasteiger partial charge in [-0.3, -0.25) is 0 Å². The second-order valence-electron chi connectivity index (χ2n) is 4.82. The molecule has 2 rings (SSSR count). The maximum atomic E-state index is 12.0. The molecule has 1 aromatic carbocycles. The van der Waals surface area contributed by atoms with Gasteiger partial charge in [0.15, 0.2) is 0 Å². The molecule has 18 heavy (non-hydrogen) atoms. The van der Waals surface area contributed by atoms with E-state index in [0.717, 1.165) is 24.8 Å². The van der Waals surface area contributed by atoms with Gasteiger partial charge < -0.3 is 5.11 Å². The van der Waals surface area contributed by atoms with Gasteiger partial charge in [0.25, 0.3) is 0 Å². The van der Waals surface area contributed by atoms with Crippen molar-refractivity contribution in [3.8, 4) is 0 Å². The van der Waals surface area contributed by atoms with Crippen LogP contribution in [0.4, 0.5) is 0 Å². The van der Waals surface area contributed by atoms with Crippen molar-refractivity contribution < 1.29 is 13.5 Å². The molecule has 0 saturated heterocycles. The third-order valence-corrected chi connectivity index (χ3v) is 4.64. The first-order valence-corrected chi connectivity index (χ1v) is 7.94. The molecule has 1 aliphatic carbocycles. The van der Waals surface area contributed by atoms with E-state index in [0.29, 0.717) is 6.42 Å². The summed E-state index contributed by atoms with van der Waals surface area (Å²) < 4.78 is 26.6. The molecular weight excluding hydrogens is 250 g/mol. The van der Waals surface area contributed by atoms with Crippen LogP contribution in [0.3, 0.4) is 0 Å². The van der Waals surface area contributed by atoms with Gasteiger partial charge in [0.05, 0.1) is 11.9 Å². The SMILES string of the molecule is O=S(=O)(Cc1ccccc1)NC1CCCCC1O. The number of hydrogen-bond acceptors (Lipinski definition) is 3. The average molecular weight is 269 g/mol. The van der Waals surface area contributed by atoms with Crippen molar-refractivity contribution in [2.45, 2.75) is 43.6 Å². The van der Waals surface area contributed by atoms with Crippen molar-refractivity contribution in [3.05, 3.63) is 35.9 Å². The minimum Gasteiger partial charge on any atom is -0.391 e. The first-order chi connectivity index (χ1) is 8.57. The molecule has 2 atom stereocenters. The lowest BCUT2D eigenvalue weighted by molar-refractivity contribution is 0.101. The highest BCUT2D eigenvalue weighted by Crippen LogP contribution is 2.19. The summed E-state index contributed by atoms with van der Waals surface area (Å²) in [7, 11) is -3.38. The van der Waals surface area contributed by atoms with Crippen molar-refractivity contribution in [2.24, 2.45) is 0 Å². The molecule has 2 N–H and O–H groups in total. The highest BCUT2D eigenvalue weighted by Gasteiger charge is 2.27. The lowest BCUT2D eigenvalue weighted by Gasteiger charge is -2.28. The quantitative estimate of drug-likeness (QED) is 0.868. The molecule has 1 aliphatic rings. The van der Waals surface area contributed by atoms with E-state index in [2.05, 4.69) is 4.72 Å². The van der Waals surface area contributed by atoms with Gasteiger partial charge in [0.1, 0.15) is 0 Å². The van der Waals surface area contributed by atoms with Gasteiger partial charge in [0.2, 0.25) is 10.0 Å². The third-order valence-electron chi connectivity index (χ3n) is 3.26. The number of benzene rings is 1. The fraction of sp³-hybridized carbons (Fsp3) is 0.538. The molecule has 2 unspecified atom stereocenters. The maximum absolute atomic E-state index is 12.0. The first-order valence-electron chi connectivity index (χ1n) is 6.29. The summed E-state index contributed by atoms with van der Waals surface area (Å²) >= 11 is 0. The Kier molecular flexibility index (Phi) is 4.37. The summed E-state index contributed by atoms with van der Waals surface area (Å²) in [6, 6.07) is 8.75. The van der Waals surface area contributed by atoms with E-state index in [1.807, 2.05) is 18.2 Å². The third kappa shape index (κ3) is 3.80. The number of rotatable bonds is 4. The van der Waals surface area contributed by atoms with Gasteiger partial charge in [-0.05, 0) is 18.4 Å². The van der Waals surface area contributed by atoms with Crippen LogP contribution in [0.2, 0.25) is 0 Å². The topological polar surface area (TPSA) is 66.4 Å². The summed E-state index contributed by atoms with van der Waals surface area (Å²) in [5.74, 6) is -0.0307. The number of aliphatic hydroxyl groups excluding tert-OH is 1. The normalized spacial score (nSPS) is 24.9. The van der Waals surface area contributed by atoms with Crippen LogP contribution in [0.5, 0.6) is 0 Å². The minimum atomic E-state index is -3.38. The summed E-state index contributed by atoms with van der Waals surface area (Å²) in [6.45, 7) is 0. The summed E-state index contributed by atoms with van der Waals surface area (Å²) in [5, 5.41) is 9.77. The molecule has 5 heteroatoms. The van der Waals surface area contributed by atoms with Crippen LogP contribution >= 0.6 is 0 Å². The Bertz CT molecular complexity index is 472. The smallest absolute Gasteiger partial charge is 0.216 e. The lowest BCUT2D eigenvalue weighted by atomic mass is 9.93. The summed E-state index contributed by atoms with van der Waals surface area (Å²) in [6.07, 6.45) is 2.78. The molecule has 1 aromatic rings. The minimum absolute atomic E-state index is 0.0307. The second kappa shape index (κ2) is 5.82. The molecule has 0 bridgehead atoms. The van der Waals surface area contributed by atoms with Gasteiger partial charge >= 0.3 is 0 Å². The number of sulfonamides is 1. The molecule has 0 radical (unpaired) electrons. The van der Waals surface area contributed by atoms with E-state index in [-0.39, 0.29) is 11.8 Å². The Hall–Kier alpha value is -0.910. The molecule has 0 aliphatic heterocycles. The van der Waals surface area contributed by atoms with Crippen LogP contribution in [0.25, 0.3) is 0 Å². The summed E-state index contributed by atoms with van der Waals surface area (Å²) in [4.78, 5) is 0. The van der Waals surface area contributed by atoms with Crippen molar-refractivity contribution in [1.29, 1.82) is 0 Å². The van der Waals surface area contributed by atoms with Crippen LogP contribution in [0.1, 0.15) is 31.2 Å². The van der Waals surface area contributed by atoms with E-state index in [9.17, 15) is 13.5 Å². The molecule has 0 amide bonds. The van der Waals surface area contributed by atoms with Gasteiger partial charge in [-0.2, -0.15) is 0 Å². The van der Waals surface area contributed by atoms with E-state index in [1.165, 1.54) is 0 Å². The van der Waals surface area contributed by atoms with Crippen LogP contribution in [0.15, 0.2) is 30.3 Å². The van der Waals surface area contributed by atoms with E-state index in [1.54, 1.807) is 12.1 Å². The summed E-state index contributed by atoms with van der Waals surface area (Å²) in [5.41, 5.74) is 0.760. The number of hydrogen-bond donors (Lipinski definition) is 2. The van der Waals surface area contributed by atoms with E-state index >= 15 is 0 Å². The zero-order valence-electron chi connectivity index (χ0n) is 10.2. The predicted octanol–water partition coefficient (Wildman–Crippen LogP) is 1.41. The zero-order chi connectivity index (χ0) is 13.0. The molecule has 100 valence electrons. The molecule has 4 nitrogen and oxygen atoms in total. The highest BCUT2D eigenvalue weighted by molar-refractivity contribution is 7.88. The molecule has 0 heterocycles. The Morgan fingerprint density at radius 1 is 1.17 bits per heavy atom. The Morgan fingerprint density at radius 3 is 2.50 bits per heavy atom. The van der Waals surface area contributed by atoms with Gasteiger partial charge in [-0.15, -0.1) is 0 Å². The van der Waals surface area contributed by atoms with Gasteiger partial charge in [-0.25, -0.2) is 13.1 Å². The molecule has 0 aromatic heterocycles. The standard InChI is InChI=1S/C13H19NO3S/c15-13-9-5-4-8-12(13)14-18(16,17)10-11-6-2-1-3-7-11/h1-3,6-7,12-15H,4-5,8-10H2. The molecular formula is C13H19NO3S. The van der Waals surface area contributed by atoms with Crippen molar-refractivity contribution >= 4 is 10.0 Å². The fourth-order valence-corrected chi connectivity index (χ4v) is 3.77. The monoisotopic (exact) mass is 269 g/mol. The van der Waals surface area contributed by atoms with Gasteiger partial charge in [0, 0.05) is 6.04 Å². The maximum Gasteiger partial charge on any atom is 0.216 e. The van der Waals surface area contributed by atoms with Crippen molar-refractivity contribution in [2.75, 3.05) is 0 Å².